The van der Waals surface area contributed by atoms with Crippen molar-refractivity contribution in [1.82, 2.24) is 4.90 Å². The van der Waals surface area contributed by atoms with Crippen molar-refractivity contribution in [3.63, 3.8) is 0 Å². The Balaban J connectivity index is 2.27. The highest BCUT2D eigenvalue weighted by molar-refractivity contribution is 7.91. The first-order chi connectivity index (χ1) is 8.86. The zero-order chi connectivity index (χ0) is 14.5. The minimum Gasteiger partial charge on any atom is -0.396 e. The Labute approximate surface area is 118 Å². The first kappa shape index (κ1) is 16.9. The van der Waals surface area contributed by atoms with Crippen LogP contribution in [0, 0.1) is 5.92 Å². The molecule has 0 saturated heterocycles. The van der Waals surface area contributed by atoms with Gasteiger partial charge in [-0.25, -0.2) is 8.42 Å². The highest BCUT2D eigenvalue weighted by Gasteiger charge is 2.23. The van der Waals surface area contributed by atoms with Crippen LogP contribution >= 0.6 is 0 Å². The lowest BCUT2D eigenvalue weighted by atomic mass is 9.86. The average Bonchev–Trinajstić information content (AvgIpc) is 2.38. The molecule has 114 valence electrons. The van der Waals surface area contributed by atoms with Crippen LogP contribution in [0.25, 0.3) is 0 Å². The van der Waals surface area contributed by atoms with Crippen LogP contribution in [0.5, 0.6) is 0 Å². The topological polar surface area (TPSA) is 57.6 Å². The van der Waals surface area contributed by atoms with Gasteiger partial charge in [0, 0.05) is 12.6 Å². The van der Waals surface area contributed by atoms with Crippen molar-refractivity contribution in [3.05, 3.63) is 0 Å². The Morgan fingerprint density at radius 2 is 1.79 bits per heavy atom. The molecule has 1 aliphatic rings. The molecule has 5 heteroatoms. The normalized spacial score (nSPS) is 25.2. The third kappa shape index (κ3) is 5.40. The fourth-order valence-electron chi connectivity index (χ4n) is 2.70. The van der Waals surface area contributed by atoms with Gasteiger partial charge >= 0.3 is 0 Å². The van der Waals surface area contributed by atoms with Crippen LogP contribution in [-0.2, 0) is 9.84 Å². The van der Waals surface area contributed by atoms with Gasteiger partial charge in [0.2, 0.25) is 0 Å². The predicted octanol–water partition coefficient (Wildman–Crippen LogP) is 1.68. The maximum absolute atomic E-state index is 11.7. The predicted molar refractivity (Wildman–Crippen MR) is 79.0 cm³/mol. The minimum atomic E-state index is -2.90. The summed E-state index contributed by atoms with van der Waals surface area (Å²) in [5, 5.41) is 8.85. The summed E-state index contributed by atoms with van der Waals surface area (Å²) in [7, 11) is -0.808. The Morgan fingerprint density at radius 3 is 2.26 bits per heavy atom. The van der Waals surface area contributed by atoms with Crippen molar-refractivity contribution < 1.29 is 13.5 Å². The summed E-state index contributed by atoms with van der Waals surface area (Å²) in [6.07, 6.45) is 5.15. The molecule has 0 heterocycles. The summed E-state index contributed by atoms with van der Waals surface area (Å²) in [5.74, 6) is 0.770. The number of hydrogen-bond donors (Lipinski definition) is 1. The first-order valence-corrected chi connectivity index (χ1v) is 9.11. The SMILES string of the molecule is CC(C)S(=O)(=O)CCCN(C)C1CCC(CO)CC1. The number of aliphatic hydroxyl groups is 1. The summed E-state index contributed by atoms with van der Waals surface area (Å²) >= 11 is 0. The van der Waals surface area contributed by atoms with E-state index in [2.05, 4.69) is 11.9 Å². The maximum atomic E-state index is 11.7. The van der Waals surface area contributed by atoms with Crippen molar-refractivity contribution in [3.8, 4) is 0 Å². The second kappa shape index (κ2) is 7.60. The summed E-state index contributed by atoms with van der Waals surface area (Å²) in [6.45, 7) is 4.65. The largest absolute Gasteiger partial charge is 0.396 e. The van der Waals surface area contributed by atoms with E-state index in [-0.39, 0.29) is 5.25 Å². The van der Waals surface area contributed by atoms with E-state index in [1.807, 2.05) is 0 Å². The molecule has 1 saturated carbocycles. The summed E-state index contributed by atoms with van der Waals surface area (Å²) in [5.41, 5.74) is 0. The van der Waals surface area contributed by atoms with Crippen molar-refractivity contribution in [1.29, 1.82) is 0 Å². The summed E-state index contributed by atoms with van der Waals surface area (Å²) < 4.78 is 23.4. The van der Waals surface area contributed by atoms with Gasteiger partial charge in [-0.1, -0.05) is 0 Å². The van der Waals surface area contributed by atoms with Gasteiger partial charge in [0.25, 0.3) is 0 Å². The number of rotatable bonds is 7. The van der Waals surface area contributed by atoms with E-state index < -0.39 is 9.84 Å². The maximum Gasteiger partial charge on any atom is 0.152 e. The molecule has 0 radical (unpaired) electrons. The molecule has 0 aromatic carbocycles. The van der Waals surface area contributed by atoms with Crippen LogP contribution < -0.4 is 0 Å². The van der Waals surface area contributed by atoms with E-state index in [0.717, 1.165) is 38.6 Å². The van der Waals surface area contributed by atoms with Crippen LogP contribution in [0.1, 0.15) is 46.0 Å². The highest BCUT2D eigenvalue weighted by atomic mass is 32.2. The van der Waals surface area contributed by atoms with Crippen molar-refractivity contribution >= 4 is 9.84 Å². The molecular weight excluding hydrogens is 262 g/mol. The third-order valence-corrected chi connectivity index (χ3v) is 6.65. The average molecular weight is 291 g/mol. The number of hydrogen-bond acceptors (Lipinski definition) is 4. The molecule has 0 aromatic heterocycles. The number of nitrogens with zero attached hydrogens (tertiary/aromatic N) is 1. The minimum absolute atomic E-state index is 0.266. The zero-order valence-electron chi connectivity index (χ0n) is 12.5. The molecular formula is C14H29NO3S. The van der Waals surface area contributed by atoms with E-state index >= 15 is 0 Å². The zero-order valence-corrected chi connectivity index (χ0v) is 13.3. The van der Waals surface area contributed by atoms with Gasteiger partial charge < -0.3 is 10.0 Å². The lowest BCUT2D eigenvalue weighted by molar-refractivity contribution is 0.128. The number of sulfone groups is 1. The first-order valence-electron chi connectivity index (χ1n) is 7.39. The summed E-state index contributed by atoms with van der Waals surface area (Å²) in [6, 6.07) is 0.560. The molecule has 1 fully saturated rings. The third-order valence-electron chi connectivity index (χ3n) is 4.36. The second-order valence-corrected chi connectivity index (χ2v) is 8.78. The molecule has 0 atom stereocenters. The van der Waals surface area contributed by atoms with Crippen LogP contribution in [0.4, 0.5) is 0 Å². The molecule has 0 spiro atoms. The van der Waals surface area contributed by atoms with Gasteiger partial charge in [0.15, 0.2) is 9.84 Å². The van der Waals surface area contributed by atoms with Gasteiger partial charge in [0.1, 0.15) is 0 Å². The standard InChI is InChI=1S/C14H29NO3S/c1-12(2)19(17,18)10-4-9-15(3)14-7-5-13(11-16)6-8-14/h12-14,16H,4-11H2,1-3H3. The monoisotopic (exact) mass is 291 g/mol. The van der Waals surface area contributed by atoms with Gasteiger partial charge in [-0.3, -0.25) is 0 Å². The highest BCUT2D eigenvalue weighted by Crippen LogP contribution is 2.26. The number of aliphatic hydroxyl groups excluding tert-OH is 1. The van der Waals surface area contributed by atoms with Gasteiger partial charge in [-0.05, 0) is 65.5 Å². The molecule has 0 unspecified atom stereocenters. The molecule has 19 heavy (non-hydrogen) atoms. The smallest absolute Gasteiger partial charge is 0.152 e. The van der Waals surface area contributed by atoms with E-state index in [1.165, 1.54) is 0 Å². The Morgan fingerprint density at radius 1 is 1.21 bits per heavy atom. The quantitative estimate of drug-likeness (QED) is 0.775. The van der Waals surface area contributed by atoms with Crippen LogP contribution in [0.2, 0.25) is 0 Å². The molecule has 0 bridgehead atoms. The second-order valence-electron chi connectivity index (χ2n) is 6.11. The van der Waals surface area contributed by atoms with Crippen molar-refractivity contribution in [2.24, 2.45) is 5.92 Å². The van der Waals surface area contributed by atoms with E-state index in [4.69, 9.17) is 5.11 Å². The van der Waals surface area contributed by atoms with E-state index in [9.17, 15) is 8.42 Å². The lowest BCUT2D eigenvalue weighted by Crippen LogP contribution is -2.37. The molecule has 1 N–H and O–H groups in total. The Hall–Kier alpha value is -0.130. The molecule has 1 rings (SSSR count). The Bertz CT molecular complexity index is 346. The van der Waals surface area contributed by atoms with E-state index in [0.29, 0.717) is 24.3 Å². The molecule has 0 amide bonds. The van der Waals surface area contributed by atoms with Gasteiger partial charge in [-0.15, -0.1) is 0 Å². The summed E-state index contributed by atoms with van der Waals surface area (Å²) in [4.78, 5) is 2.30. The lowest BCUT2D eigenvalue weighted by Gasteiger charge is -2.34. The van der Waals surface area contributed by atoms with Crippen molar-refractivity contribution in [2.75, 3.05) is 26.0 Å². The molecule has 1 aliphatic carbocycles. The van der Waals surface area contributed by atoms with Gasteiger partial charge in [0.05, 0.1) is 11.0 Å². The van der Waals surface area contributed by atoms with Crippen molar-refractivity contribution in [2.45, 2.75) is 57.2 Å². The fraction of sp³-hybridized carbons (Fsp3) is 1.00. The molecule has 0 aromatic rings. The Kier molecular flexibility index (Phi) is 6.77. The molecule has 0 aliphatic heterocycles. The van der Waals surface area contributed by atoms with E-state index in [1.54, 1.807) is 13.8 Å². The van der Waals surface area contributed by atoms with Crippen LogP contribution in [-0.4, -0.2) is 55.7 Å². The van der Waals surface area contributed by atoms with Gasteiger partial charge in [-0.2, -0.15) is 0 Å². The molecule has 4 nitrogen and oxygen atoms in total. The fourth-order valence-corrected chi connectivity index (χ4v) is 3.70. The van der Waals surface area contributed by atoms with Crippen LogP contribution in [0.3, 0.4) is 0 Å². The van der Waals surface area contributed by atoms with Crippen LogP contribution in [0.15, 0.2) is 0 Å².